The first kappa shape index (κ1) is 27.4. The molecule has 0 aliphatic carbocycles. The Hall–Kier alpha value is -1.65. The van der Waals surface area contributed by atoms with Crippen molar-refractivity contribution in [2.75, 3.05) is 26.0 Å². The van der Waals surface area contributed by atoms with E-state index in [4.69, 9.17) is 4.74 Å². The predicted molar refractivity (Wildman–Crippen MR) is 139 cm³/mol. The van der Waals surface area contributed by atoms with E-state index in [1.54, 1.807) is 0 Å². The van der Waals surface area contributed by atoms with E-state index in [1.807, 2.05) is 49.4 Å². The van der Waals surface area contributed by atoms with Gasteiger partial charge in [-0.25, -0.2) is 13.4 Å². The van der Waals surface area contributed by atoms with Crippen molar-refractivity contribution >= 4 is 39.8 Å². The molecule has 6 nitrogen and oxygen atoms in total. The summed E-state index contributed by atoms with van der Waals surface area (Å²) in [6.07, 6.45) is 2.20. The maximum Gasteiger partial charge on any atom is 0.191 e. The van der Waals surface area contributed by atoms with E-state index >= 15 is 0 Å². The van der Waals surface area contributed by atoms with Crippen LogP contribution in [0.25, 0.3) is 0 Å². The summed E-state index contributed by atoms with van der Waals surface area (Å²) < 4.78 is 28.7. The number of nitrogens with zero attached hydrogens (tertiary/aromatic N) is 1. The van der Waals surface area contributed by atoms with E-state index < -0.39 is 9.84 Å². The smallest absolute Gasteiger partial charge is 0.191 e. The molecule has 0 heterocycles. The minimum Gasteiger partial charge on any atom is -0.374 e. The summed E-state index contributed by atoms with van der Waals surface area (Å²) in [6.45, 7) is 6.83. The van der Waals surface area contributed by atoms with Gasteiger partial charge < -0.3 is 15.4 Å². The number of halogens is 1. The highest BCUT2D eigenvalue weighted by molar-refractivity contribution is 14.0. The first-order chi connectivity index (χ1) is 14.4. The van der Waals surface area contributed by atoms with Crippen LogP contribution in [-0.4, -0.2) is 40.3 Å². The summed E-state index contributed by atoms with van der Waals surface area (Å²) in [7, 11) is -3.02. The molecule has 0 saturated carbocycles. The lowest BCUT2D eigenvalue weighted by molar-refractivity contribution is 0.0646. The topological polar surface area (TPSA) is 79.8 Å². The molecule has 0 aromatic heterocycles. The van der Waals surface area contributed by atoms with E-state index in [2.05, 4.69) is 34.7 Å². The van der Waals surface area contributed by atoms with Crippen molar-refractivity contribution in [1.29, 1.82) is 0 Å². The standard InChI is InChI=1S/C23H33N3O3S.HI/c1-4-24-23(25-15-8-16-29-19(2)22-9-6-5-7-10-22)26-17-20-11-13-21(14-12-20)18-30(3,27)28;/h5-7,9-14,19H,4,8,15-18H2,1-3H3,(H2,24,25,26);1H. The maximum atomic E-state index is 11.4. The van der Waals surface area contributed by atoms with Gasteiger partial charge in [-0.05, 0) is 37.0 Å². The third-order valence-corrected chi connectivity index (χ3v) is 5.32. The van der Waals surface area contributed by atoms with Crippen molar-refractivity contribution in [2.24, 2.45) is 4.99 Å². The monoisotopic (exact) mass is 559 g/mol. The Bertz CT molecular complexity index is 888. The second kappa shape index (κ2) is 14.4. The molecule has 1 unspecified atom stereocenters. The van der Waals surface area contributed by atoms with Crippen LogP contribution in [0.2, 0.25) is 0 Å². The number of nitrogens with one attached hydrogen (secondary N) is 2. The van der Waals surface area contributed by atoms with Crippen molar-refractivity contribution in [2.45, 2.75) is 38.7 Å². The van der Waals surface area contributed by atoms with Gasteiger partial charge in [-0.1, -0.05) is 54.6 Å². The summed E-state index contributed by atoms with van der Waals surface area (Å²) in [5.74, 6) is 0.819. The summed E-state index contributed by atoms with van der Waals surface area (Å²) >= 11 is 0. The van der Waals surface area contributed by atoms with Gasteiger partial charge in [-0.2, -0.15) is 0 Å². The van der Waals surface area contributed by atoms with Crippen LogP contribution in [0.15, 0.2) is 59.6 Å². The SMILES string of the molecule is CCNC(=NCc1ccc(CS(C)(=O)=O)cc1)NCCCOC(C)c1ccccc1.I. The zero-order valence-electron chi connectivity index (χ0n) is 18.5. The fourth-order valence-electron chi connectivity index (χ4n) is 2.92. The quantitative estimate of drug-likeness (QED) is 0.188. The molecule has 0 aliphatic heterocycles. The van der Waals surface area contributed by atoms with Crippen LogP contribution >= 0.6 is 24.0 Å². The third-order valence-electron chi connectivity index (χ3n) is 4.47. The molecule has 2 N–H and O–H groups in total. The van der Waals surface area contributed by atoms with Gasteiger partial charge in [0.2, 0.25) is 0 Å². The lowest BCUT2D eigenvalue weighted by atomic mass is 10.1. The lowest BCUT2D eigenvalue weighted by Gasteiger charge is -2.14. The molecular formula is C23H34IN3O3S. The fraction of sp³-hybridized carbons (Fsp3) is 0.435. The van der Waals surface area contributed by atoms with Gasteiger partial charge in [0.15, 0.2) is 15.8 Å². The zero-order valence-corrected chi connectivity index (χ0v) is 21.7. The average Bonchev–Trinajstić information content (AvgIpc) is 2.72. The van der Waals surface area contributed by atoms with Crippen molar-refractivity contribution in [3.8, 4) is 0 Å². The number of rotatable bonds is 11. The highest BCUT2D eigenvalue weighted by atomic mass is 127. The molecule has 0 saturated heterocycles. The van der Waals surface area contributed by atoms with Crippen LogP contribution in [0.1, 0.15) is 43.1 Å². The predicted octanol–water partition coefficient (Wildman–Crippen LogP) is 4.07. The molecule has 1 atom stereocenters. The fourth-order valence-corrected chi connectivity index (χ4v) is 3.71. The number of ether oxygens (including phenoxy) is 1. The lowest BCUT2D eigenvalue weighted by Crippen LogP contribution is -2.38. The molecule has 172 valence electrons. The number of guanidine groups is 1. The Labute approximate surface area is 203 Å². The largest absolute Gasteiger partial charge is 0.374 e. The molecule has 31 heavy (non-hydrogen) atoms. The molecule has 0 aliphatic rings. The van der Waals surface area contributed by atoms with Gasteiger partial charge in [-0.15, -0.1) is 24.0 Å². The minimum atomic E-state index is -3.02. The Morgan fingerprint density at radius 1 is 1.03 bits per heavy atom. The molecule has 0 bridgehead atoms. The molecule has 0 radical (unpaired) electrons. The summed E-state index contributed by atoms with van der Waals surface area (Å²) in [4.78, 5) is 4.60. The number of benzene rings is 2. The van der Waals surface area contributed by atoms with E-state index in [0.717, 1.165) is 36.6 Å². The Morgan fingerprint density at radius 3 is 2.29 bits per heavy atom. The Morgan fingerprint density at radius 2 is 1.68 bits per heavy atom. The Balaban J connectivity index is 0.00000480. The van der Waals surface area contributed by atoms with Crippen LogP contribution in [0.5, 0.6) is 0 Å². The van der Waals surface area contributed by atoms with Gasteiger partial charge in [0.25, 0.3) is 0 Å². The highest BCUT2D eigenvalue weighted by Crippen LogP contribution is 2.15. The number of aliphatic imine (C=N–C) groups is 1. The van der Waals surface area contributed by atoms with Crippen molar-refractivity contribution in [1.82, 2.24) is 10.6 Å². The van der Waals surface area contributed by atoms with Crippen molar-refractivity contribution in [3.05, 3.63) is 71.3 Å². The molecule has 2 aromatic carbocycles. The van der Waals surface area contributed by atoms with Crippen LogP contribution in [0, 0.1) is 0 Å². The second-order valence-corrected chi connectivity index (χ2v) is 9.43. The first-order valence-corrected chi connectivity index (χ1v) is 12.4. The van der Waals surface area contributed by atoms with Gasteiger partial charge in [0, 0.05) is 26.0 Å². The minimum absolute atomic E-state index is 0. The maximum absolute atomic E-state index is 11.4. The zero-order chi connectivity index (χ0) is 21.8. The van der Waals surface area contributed by atoms with Crippen LogP contribution in [-0.2, 0) is 26.9 Å². The van der Waals surface area contributed by atoms with Crippen LogP contribution in [0.3, 0.4) is 0 Å². The molecule has 0 fully saturated rings. The molecule has 0 amide bonds. The molecule has 2 aromatic rings. The number of hydrogen-bond acceptors (Lipinski definition) is 4. The van der Waals surface area contributed by atoms with Gasteiger partial charge in [0.05, 0.1) is 18.4 Å². The van der Waals surface area contributed by atoms with Gasteiger partial charge >= 0.3 is 0 Å². The van der Waals surface area contributed by atoms with Gasteiger partial charge in [-0.3, -0.25) is 0 Å². The van der Waals surface area contributed by atoms with Gasteiger partial charge in [0.1, 0.15) is 0 Å². The normalized spacial score (nSPS) is 12.7. The van der Waals surface area contributed by atoms with Crippen LogP contribution < -0.4 is 10.6 Å². The Kier molecular flexibility index (Phi) is 12.7. The number of hydrogen-bond donors (Lipinski definition) is 2. The molecule has 8 heteroatoms. The second-order valence-electron chi connectivity index (χ2n) is 7.29. The van der Waals surface area contributed by atoms with Crippen molar-refractivity contribution in [3.63, 3.8) is 0 Å². The van der Waals surface area contributed by atoms with Crippen LogP contribution in [0.4, 0.5) is 0 Å². The highest BCUT2D eigenvalue weighted by Gasteiger charge is 2.05. The van der Waals surface area contributed by atoms with E-state index in [1.165, 1.54) is 11.8 Å². The summed E-state index contributed by atoms with van der Waals surface area (Å²) in [5.41, 5.74) is 3.01. The molecular weight excluding hydrogens is 525 g/mol. The summed E-state index contributed by atoms with van der Waals surface area (Å²) in [5, 5.41) is 6.57. The average molecular weight is 560 g/mol. The van der Waals surface area contributed by atoms with Crippen molar-refractivity contribution < 1.29 is 13.2 Å². The van der Waals surface area contributed by atoms with E-state index in [9.17, 15) is 8.42 Å². The van der Waals surface area contributed by atoms with E-state index in [0.29, 0.717) is 13.2 Å². The first-order valence-electron chi connectivity index (χ1n) is 10.3. The molecule has 2 rings (SSSR count). The summed E-state index contributed by atoms with van der Waals surface area (Å²) in [6, 6.07) is 17.7. The third kappa shape index (κ3) is 11.5. The molecule has 0 spiro atoms. The number of sulfone groups is 1. The van der Waals surface area contributed by atoms with E-state index in [-0.39, 0.29) is 35.8 Å².